The largest absolute Gasteiger partial charge is 0.385 e. The predicted octanol–water partition coefficient (Wildman–Crippen LogP) is 2.23. The van der Waals surface area contributed by atoms with Crippen molar-refractivity contribution in [2.75, 3.05) is 13.6 Å². The lowest BCUT2D eigenvalue weighted by Gasteiger charge is -2.46. The van der Waals surface area contributed by atoms with Gasteiger partial charge < -0.3 is 10.0 Å². The Bertz CT molecular complexity index is 351. The summed E-state index contributed by atoms with van der Waals surface area (Å²) in [6, 6.07) is 10.5. The lowest BCUT2D eigenvalue weighted by molar-refractivity contribution is -0.0843. The maximum Gasteiger partial charge on any atom is 0.0948 e. The van der Waals surface area contributed by atoms with Crippen LogP contribution in [0.15, 0.2) is 30.3 Å². The van der Waals surface area contributed by atoms with E-state index in [4.69, 9.17) is 0 Å². The average Bonchev–Trinajstić information content (AvgIpc) is 2.28. The number of benzene rings is 1. The highest BCUT2D eigenvalue weighted by Gasteiger charge is 2.42. The van der Waals surface area contributed by atoms with Crippen LogP contribution in [0.2, 0.25) is 0 Å². The molecule has 1 aromatic rings. The zero-order valence-electron chi connectivity index (χ0n) is 10.4. The minimum absolute atomic E-state index is 0.274. The molecular weight excluding hydrogens is 198 g/mol. The molecule has 2 nitrogen and oxygen atoms in total. The second-order valence-corrected chi connectivity index (χ2v) is 5.18. The van der Waals surface area contributed by atoms with Crippen LogP contribution < -0.4 is 0 Å². The molecule has 0 amide bonds. The van der Waals surface area contributed by atoms with Crippen LogP contribution in [0, 0.1) is 5.92 Å². The van der Waals surface area contributed by atoms with Crippen LogP contribution in [0.3, 0.4) is 0 Å². The van der Waals surface area contributed by atoms with Gasteiger partial charge >= 0.3 is 0 Å². The highest BCUT2D eigenvalue weighted by molar-refractivity contribution is 5.24. The molecule has 0 spiro atoms. The van der Waals surface area contributed by atoms with E-state index in [1.165, 1.54) is 0 Å². The molecule has 3 atom stereocenters. The molecule has 2 rings (SSSR count). The van der Waals surface area contributed by atoms with Gasteiger partial charge in [-0.15, -0.1) is 0 Å². The van der Waals surface area contributed by atoms with Crippen LogP contribution in [-0.4, -0.2) is 29.6 Å². The van der Waals surface area contributed by atoms with Crippen molar-refractivity contribution in [2.45, 2.75) is 31.9 Å². The minimum Gasteiger partial charge on any atom is -0.385 e. The molecule has 1 N–H and O–H groups in total. The Morgan fingerprint density at radius 1 is 1.25 bits per heavy atom. The molecule has 0 unspecified atom stereocenters. The maximum absolute atomic E-state index is 10.9. The minimum atomic E-state index is -0.660. The first-order chi connectivity index (χ1) is 7.54. The molecule has 0 aliphatic carbocycles. The van der Waals surface area contributed by atoms with Crippen LogP contribution in [0.1, 0.15) is 25.8 Å². The topological polar surface area (TPSA) is 23.5 Å². The van der Waals surface area contributed by atoms with Gasteiger partial charge in [-0.2, -0.15) is 0 Å². The van der Waals surface area contributed by atoms with Crippen molar-refractivity contribution in [1.29, 1.82) is 0 Å². The molecule has 1 aliphatic heterocycles. The Labute approximate surface area is 97.9 Å². The van der Waals surface area contributed by atoms with Crippen LogP contribution in [0.5, 0.6) is 0 Å². The fraction of sp³-hybridized carbons (Fsp3) is 0.571. The number of hydrogen-bond donors (Lipinski definition) is 1. The van der Waals surface area contributed by atoms with E-state index in [9.17, 15) is 5.11 Å². The molecule has 1 heterocycles. The summed E-state index contributed by atoms with van der Waals surface area (Å²) in [7, 11) is 2.13. The van der Waals surface area contributed by atoms with E-state index in [0.29, 0.717) is 6.04 Å². The summed E-state index contributed by atoms with van der Waals surface area (Å²) >= 11 is 0. The lowest BCUT2D eigenvalue weighted by Crippen LogP contribution is -2.51. The van der Waals surface area contributed by atoms with Crippen molar-refractivity contribution in [2.24, 2.45) is 5.92 Å². The normalized spacial score (nSPS) is 36.2. The summed E-state index contributed by atoms with van der Waals surface area (Å²) in [5.74, 6) is 0.274. The van der Waals surface area contributed by atoms with Crippen molar-refractivity contribution in [3.05, 3.63) is 35.9 Å². The average molecular weight is 219 g/mol. The first-order valence-corrected chi connectivity index (χ1v) is 6.02. The molecule has 16 heavy (non-hydrogen) atoms. The van der Waals surface area contributed by atoms with Crippen molar-refractivity contribution >= 4 is 0 Å². The van der Waals surface area contributed by atoms with E-state index in [2.05, 4.69) is 25.8 Å². The van der Waals surface area contributed by atoms with Crippen molar-refractivity contribution < 1.29 is 5.11 Å². The summed E-state index contributed by atoms with van der Waals surface area (Å²) in [6.45, 7) is 5.27. The summed E-state index contributed by atoms with van der Waals surface area (Å²) in [5.41, 5.74) is 0.398. The van der Waals surface area contributed by atoms with Crippen molar-refractivity contribution in [1.82, 2.24) is 4.90 Å². The standard InChI is InChI=1S/C14H21NO/c1-11-10-15(3)12(2)9-14(11,16)13-7-5-4-6-8-13/h4-8,11-12,16H,9-10H2,1-3H3/t11-,12+,14+/m0/s1. The van der Waals surface area contributed by atoms with Gasteiger partial charge in [0, 0.05) is 18.5 Å². The SMILES string of the molecule is C[C@@H]1C[C@](O)(c2ccccc2)[C@@H](C)CN1C. The number of hydrogen-bond acceptors (Lipinski definition) is 2. The zero-order chi connectivity index (χ0) is 11.8. The summed E-state index contributed by atoms with van der Waals surface area (Å²) in [5, 5.41) is 10.9. The molecule has 2 heteroatoms. The Kier molecular flexibility index (Phi) is 3.04. The molecule has 88 valence electrons. The van der Waals surface area contributed by atoms with Gasteiger partial charge in [0.1, 0.15) is 0 Å². The Morgan fingerprint density at radius 3 is 2.50 bits per heavy atom. The van der Waals surface area contributed by atoms with E-state index in [1.54, 1.807) is 0 Å². The first kappa shape index (κ1) is 11.6. The van der Waals surface area contributed by atoms with Gasteiger partial charge in [0.05, 0.1) is 5.60 Å². The van der Waals surface area contributed by atoms with Gasteiger partial charge in [-0.1, -0.05) is 37.3 Å². The molecule has 1 aromatic carbocycles. The van der Waals surface area contributed by atoms with E-state index in [-0.39, 0.29) is 5.92 Å². The van der Waals surface area contributed by atoms with E-state index in [0.717, 1.165) is 18.5 Å². The van der Waals surface area contributed by atoms with Crippen LogP contribution in [0.4, 0.5) is 0 Å². The van der Waals surface area contributed by atoms with E-state index < -0.39 is 5.60 Å². The monoisotopic (exact) mass is 219 g/mol. The molecule has 0 bridgehead atoms. The lowest BCUT2D eigenvalue weighted by atomic mass is 9.74. The first-order valence-electron chi connectivity index (χ1n) is 6.02. The second kappa shape index (κ2) is 4.19. The van der Waals surface area contributed by atoms with Crippen LogP contribution in [-0.2, 0) is 5.60 Å². The van der Waals surface area contributed by atoms with Gasteiger partial charge in [-0.3, -0.25) is 0 Å². The molecule has 0 saturated carbocycles. The Hall–Kier alpha value is -0.860. The third kappa shape index (κ3) is 1.87. The number of nitrogens with zero attached hydrogens (tertiary/aromatic N) is 1. The second-order valence-electron chi connectivity index (χ2n) is 5.18. The van der Waals surface area contributed by atoms with E-state index >= 15 is 0 Å². The quantitative estimate of drug-likeness (QED) is 0.783. The predicted molar refractivity (Wildman–Crippen MR) is 66.2 cm³/mol. The smallest absolute Gasteiger partial charge is 0.0948 e. The third-order valence-corrected chi connectivity index (χ3v) is 4.01. The van der Waals surface area contributed by atoms with E-state index in [1.807, 2.05) is 30.3 Å². The Morgan fingerprint density at radius 2 is 1.88 bits per heavy atom. The molecule has 1 saturated heterocycles. The zero-order valence-corrected chi connectivity index (χ0v) is 10.4. The van der Waals surface area contributed by atoms with Gasteiger partial charge in [0.15, 0.2) is 0 Å². The summed E-state index contributed by atoms with van der Waals surface area (Å²) in [4.78, 5) is 2.32. The van der Waals surface area contributed by atoms with Crippen LogP contribution >= 0.6 is 0 Å². The van der Waals surface area contributed by atoms with Crippen LogP contribution in [0.25, 0.3) is 0 Å². The molecule has 0 aromatic heterocycles. The third-order valence-electron chi connectivity index (χ3n) is 4.01. The summed E-state index contributed by atoms with van der Waals surface area (Å²) in [6.07, 6.45) is 0.814. The molecule has 1 aliphatic rings. The summed E-state index contributed by atoms with van der Waals surface area (Å²) < 4.78 is 0. The number of rotatable bonds is 1. The van der Waals surface area contributed by atoms with Crippen molar-refractivity contribution in [3.63, 3.8) is 0 Å². The fourth-order valence-corrected chi connectivity index (χ4v) is 2.70. The van der Waals surface area contributed by atoms with Gasteiger partial charge in [-0.05, 0) is 26.0 Å². The number of aliphatic hydroxyl groups is 1. The number of piperidine rings is 1. The Balaban J connectivity index is 2.31. The molecular formula is C14H21NO. The number of likely N-dealkylation sites (tertiary alicyclic amines) is 1. The van der Waals surface area contributed by atoms with Gasteiger partial charge in [0.25, 0.3) is 0 Å². The highest BCUT2D eigenvalue weighted by Crippen LogP contribution is 2.39. The molecule has 0 radical (unpaired) electrons. The highest BCUT2D eigenvalue weighted by atomic mass is 16.3. The van der Waals surface area contributed by atoms with Gasteiger partial charge in [-0.25, -0.2) is 0 Å². The molecule has 1 fully saturated rings. The fourth-order valence-electron chi connectivity index (χ4n) is 2.70. The van der Waals surface area contributed by atoms with Gasteiger partial charge in [0.2, 0.25) is 0 Å². The van der Waals surface area contributed by atoms with Crippen molar-refractivity contribution in [3.8, 4) is 0 Å². The maximum atomic E-state index is 10.9.